The van der Waals surface area contributed by atoms with Gasteiger partial charge in [0.05, 0.1) is 5.56 Å². The van der Waals surface area contributed by atoms with Crippen LogP contribution in [0.4, 0.5) is 0 Å². The van der Waals surface area contributed by atoms with Crippen LogP contribution in [0.15, 0.2) is 54.6 Å². The van der Waals surface area contributed by atoms with Crippen LogP contribution >= 0.6 is 0 Å². The molecule has 0 radical (unpaired) electrons. The number of hydrogen-bond donors (Lipinski definition) is 2. The largest absolute Gasteiger partial charge is 0.478 e. The fourth-order valence-corrected chi connectivity index (χ4v) is 3.67. The van der Waals surface area contributed by atoms with E-state index >= 15 is 0 Å². The molecule has 0 atom stereocenters. The zero-order valence-corrected chi connectivity index (χ0v) is 14.4. The number of aromatic carboxylic acids is 1. The highest BCUT2D eigenvalue weighted by atomic mass is 16.4. The summed E-state index contributed by atoms with van der Waals surface area (Å²) in [7, 11) is 0. The van der Waals surface area contributed by atoms with E-state index < -0.39 is 5.97 Å². The lowest BCUT2D eigenvalue weighted by Crippen LogP contribution is -2.42. The van der Waals surface area contributed by atoms with E-state index in [1.807, 2.05) is 24.3 Å². The summed E-state index contributed by atoms with van der Waals surface area (Å²) in [5.74, 6) is -0.886. The van der Waals surface area contributed by atoms with Crippen molar-refractivity contribution >= 4 is 5.97 Å². The molecule has 1 heterocycles. The van der Waals surface area contributed by atoms with Crippen molar-refractivity contribution in [2.24, 2.45) is 5.41 Å². The van der Waals surface area contributed by atoms with E-state index in [1.165, 1.54) is 5.56 Å². The number of hydrogen-bond acceptors (Lipinski definition) is 3. The summed E-state index contributed by atoms with van der Waals surface area (Å²) in [6, 6.07) is 17.5. The Morgan fingerprint density at radius 1 is 1.00 bits per heavy atom. The minimum Gasteiger partial charge on any atom is -0.478 e. The molecule has 2 aromatic rings. The van der Waals surface area contributed by atoms with Gasteiger partial charge in [-0.3, -0.25) is 4.90 Å². The second-order valence-electron chi connectivity index (χ2n) is 7.10. The molecule has 2 aromatic carbocycles. The van der Waals surface area contributed by atoms with Crippen LogP contribution < -0.4 is 0 Å². The highest BCUT2D eigenvalue weighted by Crippen LogP contribution is 2.35. The SMILES string of the molecule is O=C(O)c1cccc(CN2CCC(CO)(Cc3ccccc3)CC2)c1. The molecule has 0 aromatic heterocycles. The first-order valence-electron chi connectivity index (χ1n) is 8.80. The van der Waals surface area contributed by atoms with Crippen molar-refractivity contribution in [2.45, 2.75) is 25.8 Å². The molecule has 0 spiro atoms. The van der Waals surface area contributed by atoms with Crippen molar-refractivity contribution in [3.8, 4) is 0 Å². The molecule has 0 aliphatic carbocycles. The van der Waals surface area contributed by atoms with E-state index in [1.54, 1.807) is 18.2 Å². The van der Waals surface area contributed by atoms with Gasteiger partial charge in [0.2, 0.25) is 0 Å². The Kier molecular flexibility index (Phi) is 5.51. The van der Waals surface area contributed by atoms with Crippen molar-refractivity contribution in [3.63, 3.8) is 0 Å². The van der Waals surface area contributed by atoms with Crippen LogP contribution in [0, 0.1) is 5.41 Å². The lowest BCUT2D eigenvalue weighted by atomic mass is 9.74. The number of aliphatic hydroxyl groups is 1. The standard InChI is InChI=1S/C21H25NO3/c23-16-21(14-17-5-2-1-3-6-17)9-11-22(12-10-21)15-18-7-4-8-19(13-18)20(24)25/h1-8,13,23H,9-12,14-16H2,(H,24,25). The van der Waals surface area contributed by atoms with Crippen LogP contribution in [0.3, 0.4) is 0 Å². The fraction of sp³-hybridized carbons (Fsp3) is 0.381. The third kappa shape index (κ3) is 4.47. The van der Waals surface area contributed by atoms with E-state index in [0.29, 0.717) is 5.56 Å². The second-order valence-corrected chi connectivity index (χ2v) is 7.10. The first-order chi connectivity index (χ1) is 12.1. The molecule has 0 unspecified atom stereocenters. The number of carbonyl (C=O) groups is 1. The number of rotatable bonds is 6. The Bertz CT molecular complexity index is 706. The van der Waals surface area contributed by atoms with Gasteiger partial charge in [0.15, 0.2) is 0 Å². The lowest BCUT2D eigenvalue weighted by molar-refractivity contribution is 0.0413. The Morgan fingerprint density at radius 2 is 1.68 bits per heavy atom. The van der Waals surface area contributed by atoms with Crippen LogP contribution in [-0.4, -0.2) is 40.8 Å². The van der Waals surface area contributed by atoms with E-state index in [4.69, 9.17) is 5.11 Å². The van der Waals surface area contributed by atoms with Crippen LogP contribution in [0.2, 0.25) is 0 Å². The van der Waals surface area contributed by atoms with Crippen molar-refractivity contribution in [3.05, 3.63) is 71.3 Å². The summed E-state index contributed by atoms with van der Waals surface area (Å²) < 4.78 is 0. The van der Waals surface area contributed by atoms with Gasteiger partial charge in [-0.15, -0.1) is 0 Å². The molecule has 0 amide bonds. The third-order valence-corrected chi connectivity index (χ3v) is 5.25. The predicted octanol–water partition coefficient (Wildman–Crippen LogP) is 3.20. The average Bonchev–Trinajstić information content (AvgIpc) is 2.64. The number of benzene rings is 2. The quantitative estimate of drug-likeness (QED) is 0.848. The molecule has 3 rings (SSSR count). The molecule has 132 valence electrons. The van der Waals surface area contributed by atoms with Crippen molar-refractivity contribution < 1.29 is 15.0 Å². The van der Waals surface area contributed by atoms with Gasteiger partial charge in [0, 0.05) is 13.2 Å². The number of piperidine rings is 1. The zero-order chi connectivity index (χ0) is 17.7. The highest BCUT2D eigenvalue weighted by molar-refractivity contribution is 5.87. The van der Waals surface area contributed by atoms with E-state index in [-0.39, 0.29) is 12.0 Å². The number of likely N-dealkylation sites (tertiary alicyclic amines) is 1. The van der Waals surface area contributed by atoms with Crippen molar-refractivity contribution in [1.82, 2.24) is 4.90 Å². The summed E-state index contributed by atoms with van der Waals surface area (Å²) in [6.45, 7) is 2.81. The molecule has 0 bridgehead atoms. The predicted molar refractivity (Wildman–Crippen MR) is 97.6 cm³/mol. The minimum absolute atomic E-state index is 0.0409. The molecule has 4 nitrogen and oxygen atoms in total. The monoisotopic (exact) mass is 339 g/mol. The number of carboxylic acid groups (broad SMARTS) is 1. The summed E-state index contributed by atoms with van der Waals surface area (Å²) in [5.41, 5.74) is 2.60. The van der Waals surface area contributed by atoms with Gasteiger partial charge in [-0.25, -0.2) is 4.79 Å². The summed E-state index contributed by atoms with van der Waals surface area (Å²) in [6.07, 6.45) is 2.82. The molecular formula is C21H25NO3. The zero-order valence-electron chi connectivity index (χ0n) is 14.4. The van der Waals surface area contributed by atoms with Crippen LogP contribution in [0.5, 0.6) is 0 Å². The lowest BCUT2D eigenvalue weighted by Gasteiger charge is -2.41. The summed E-state index contributed by atoms with van der Waals surface area (Å²) >= 11 is 0. The number of nitrogens with zero attached hydrogens (tertiary/aromatic N) is 1. The highest BCUT2D eigenvalue weighted by Gasteiger charge is 2.34. The van der Waals surface area contributed by atoms with E-state index in [9.17, 15) is 9.90 Å². The van der Waals surface area contributed by atoms with Gasteiger partial charge in [-0.05, 0) is 61.0 Å². The molecule has 1 aliphatic rings. The molecule has 2 N–H and O–H groups in total. The normalized spacial score (nSPS) is 17.3. The summed E-state index contributed by atoms with van der Waals surface area (Å²) in [5, 5.41) is 19.1. The number of aliphatic hydroxyl groups excluding tert-OH is 1. The Morgan fingerprint density at radius 3 is 2.32 bits per heavy atom. The molecule has 0 saturated carbocycles. The molecule has 4 heteroatoms. The van der Waals surface area contributed by atoms with E-state index in [0.717, 1.165) is 44.5 Å². The van der Waals surface area contributed by atoms with Gasteiger partial charge in [0.1, 0.15) is 0 Å². The molecule has 25 heavy (non-hydrogen) atoms. The molecule has 1 aliphatic heterocycles. The molecular weight excluding hydrogens is 314 g/mol. The van der Waals surface area contributed by atoms with Crippen LogP contribution in [-0.2, 0) is 13.0 Å². The maximum Gasteiger partial charge on any atom is 0.335 e. The molecule has 1 fully saturated rings. The minimum atomic E-state index is -0.886. The van der Waals surface area contributed by atoms with E-state index in [2.05, 4.69) is 17.0 Å². The van der Waals surface area contributed by atoms with Crippen molar-refractivity contribution in [2.75, 3.05) is 19.7 Å². The van der Waals surface area contributed by atoms with Gasteiger partial charge in [-0.1, -0.05) is 42.5 Å². The van der Waals surface area contributed by atoms with Gasteiger partial charge < -0.3 is 10.2 Å². The van der Waals surface area contributed by atoms with Gasteiger partial charge in [0.25, 0.3) is 0 Å². The second kappa shape index (κ2) is 7.81. The first kappa shape index (κ1) is 17.6. The summed E-state index contributed by atoms with van der Waals surface area (Å²) in [4.78, 5) is 13.4. The third-order valence-electron chi connectivity index (χ3n) is 5.25. The molecule has 1 saturated heterocycles. The smallest absolute Gasteiger partial charge is 0.335 e. The van der Waals surface area contributed by atoms with Gasteiger partial charge in [-0.2, -0.15) is 0 Å². The average molecular weight is 339 g/mol. The van der Waals surface area contributed by atoms with Crippen LogP contribution in [0.25, 0.3) is 0 Å². The Labute approximate surface area is 148 Å². The first-order valence-corrected chi connectivity index (χ1v) is 8.80. The number of carboxylic acids is 1. The van der Waals surface area contributed by atoms with Gasteiger partial charge >= 0.3 is 5.97 Å². The van der Waals surface area contributed by atoms with Crippen molar-refractivity contribution in [1.29, 1.82) is 0 Å². The maximum atomic E-state index is 11.1. The van der Waals surface area contributed by atoms with Crippen LogP contribution in [0.1, 0.15) is 34.3 Å². The topological polar surface area (TPSA) is 60.8 Å². The maximum absolute atomic E-state index is 11.1. The Balaban J connectivity index is 1.60. The fourth-order valence-electron chi connectivity index (χ4n) is 3.67. The Hall–Kier alpha value is -2.17.